The van der Waals surface area contributed by atoms with Crippen molar-refractivity contribution in [2.24, 2.45) is 15.7 Å². The summed E-state index contributed by atoms with van der Waals surface area (Å²) >= 11 is 1.07. The van der Waals surface area contributed by atoms with Crippen LogP contribution in [0.25, 0.3) is 0 Å². The highest BCUT2D eigenvalue weighted by molar-refractivity contribution is 8.89. The Hall–Kier alpha value is -0.190. The van der Waals surface area contributed by atoms with E-state index in [0.29, 0.717) is 29.6 Å². The zero-order chi connectivity index (χ0) is 12.8. The number of nitrogens with two attached hydrogens (primary N) is 2. The first-order chi connectivity index (χ1) is 7.31. The Morgan fingerprint density at radius 2 is 2.00 bits per heavy atom. The van der Waals surface area contributed by atoms with E-state index in [1.165, 1.54) is 0 Å². The van der Waals surface area contributed by atoms with Crippen molar-refractivity contribution in [2.75, 3.05) is 0 Å². The quantitative estimate of drug-likeness (QED) is 0.501. The van der Waals surface area contributed by atoms with Gasteiger partial charge in [0.15, 0.2) is 0 Å². The van der Waals surface area contributed by atoms with Gasteiger partial charge in [0.1, 0.15) is 0 Å². The number of nitrogens with one attached hydrogen (secondary N) is 1. The number of carbonyl (C=O) groups is 1. The van der Waals surface area contributed by atoms with E-state index in [2.05, 4.69) is 5.09 Å². The topological polar surface area (TPSA) is 122 Å². The van der Waals surface area contributed by atoms with Gasteiger partial charge in [-0.15, -0.1) is 0 Å². The monoisotopic (exact) mass is 282 g/mol. The minimum Gasteiger partial charge on any atom is -0.288 e. The van der Waals surface area contributed by atoms with Gasteiger partial charge in [-0.25, -0.2) is 0 Å². The SMILES string of the molecule is CC(C)(CCC#N)C(=O)NP(=O)(SN)SN. The van der Waals surface area contributed by atoms with Crippen LogP contribution < -0.4 is 15.4 Å². The normalized spacial score (nSPS) is 11.9. The molecule has 0 bridgehead atoms. The molecule has 6 nitrogen and oxygen atoms in total. The van der Waals surface area contributed by atoms with Gasteiger partial charge in [-0.2, -0.15) is 5.26 Å². The summed E-state index contributed by atoms with van der Waals surface area (Å²) in [6.45, 7) is 3.35. The Bertz CT molecular complexity index is 334. The molecular weight excluding hydrogens is 267 g/mol. The molecule has 92 valence electrons. The molecule has 16 heavy (non-hydrogen) atoms. The molecule has 9 heteroatoms. The summed E-state index contributed by atoms with van der Waals surface area (Å²) in [4.78, 5) is 11.8. The van der Waals surface area contributed by atoms with Gasteiger partial charge in [-0.1, -0.05) is 13.8 Å². The van der Waals surface area contributed by atoms with E-state index in [-0.39, 0.29) is 6.42 Å². The maximum atomic E-state index is 11.8. The van der Waals surface area contributed by atoms with Gasteiger partial charge >= 0.3 is 5.70 Å². The first-order valence-electron chi connectivity index (χ1n) is 4.38. The van der Waals surface area contributed by atoms with Crippen LogP contribution in [0.3, 0.4) is 0 Å². The lowest BCUT2D eigenvalue weighted by atomic mass is 9.87. The van der Waals surface area contributed by atoms with Crippen LogP contribution in [0, 0.1) is 16.7 Å². The van der Waals surface area contributed by atoms with Crippen LogP contribution in [-0.2, 0) is 9.36 Å². The lowest BCUT2D eigenvalue weighted by molar-refractivity contribution is -0.127. The second-order valence-electron chi connectivity index (χ2n) is 3.69. The number of rotatable bonds is 6. The van der Waals surface area contributed by atoms with E-state index in [1.807, 2.05) is 6.07 Å². The van der Waals surface area contributed by atoms with Gasteiger partial charge in [-0.05, 0) is 6.42 Å². The van der Waals surface area contributed by atoms with Crippen LogP contribution in [0.4, 0.5) is 0 Å². The lowest BCUT2D eigenvalue weighted by Gasteiger charge is -2.24. The fourth-order valence-electron chi connectivity index (χ4n) is 0.835. The molecule has 0 fully saturated rings. The number of hydrogen-bond donors (Lipinski definition) is 3. The molecule has 0 aromatic heterocycles. The molecule has 0 aliphatic rings. The minimum absolute atomic E-state index is 0.260. The van der Waals surface area contributed by atoms with Gasteiger partial charge in [-0.3, -0.25) is 24.7 Å². The fourth-order valence-corrected chi connectivity index (χ4v) is 2.95. The van der Waals surface area contributed by atoms with Gasteiger partial charge < -0.3 is 0 Å². The van der Waals surface area contributed by atoms with Gasteiger partial charge in [0, 0.05) is 35.0 Å². The molecule has 0 aromatic carbocycles. The summed E-state index contributed by atoms with van der Waals surface area (Å²) in [7, 11) is 0. The van der Waals surface area contributed by atoms with Crippen molar-refractivity contribution < 1.29 is 9.36 Å². The first-order valence-corrected chi connectivity index (χ1v) is 9.05. The summed E-state index contributed by atoms with van der Waals surface area (Å²) in [5.41, 5.74) is -3.93. The Labute approximate surface area is 103 Å². The van der Waals surface area contributed by atoms with Crippen LogP contribution >= 0.6 is 28.8 Å². The van der Waals surface area contributed by atoms with Crippen LogP contribution in [0.2, 0.25) is 0 Å². The molecule has 5 N–H and O–H groups in total. The third-order valence-electron chi connectivity index (χ3n) is 1.99. The van der Waals surface area contributed by atoms with Crippen molar-refractivity contribution in [1.82, 2.24) is 5.09 Å². The number of hydrogen-bond acceptors (Lipinski definition) is 7. The highest BCUT2D eigenvalue weighted by Gasteiger charge is 2.33. The van der Waals surface area contributed by atoms with Crippen molar-refractivity contribution in [3.63, 3.8) is 0 Å². The molecule has 0 heterocycles. The number of carbonyl (C=O) groups excluding carboxylic acids is 1. The Morgan fingerprint density at radius 3 is 2.38 bits per heavy atom. The zero-order valence-corrected chi connectivity index (χ0v) is 11.6. The number of nitrogens with zero attached hydrogens (tertiary/aromatic N) is 1. The summed E-state index contributed by atoms with van der Waals surface area (Å²) < 4.78 is 11.8. The van der Waals surface area contributed by atoms with E-state index in [0.717, 1.165) is 0 Å². The molecule has 0 unspecified atom stereocenters. The van der Waals surface area contributed by atoms with E-state index >= 15 is 0 Å². The third-order valence-corrected chi connectivity index (χ3v) is 6.79. The maximum Gasteiger partial charge on any atom is 0.308 e. The van der Waals surface area contributed by atoms with Crippen LogP contribution in [0.5, 0.6) is 0 Å². The van der Waals surface area contributed by atoms with Crippen molar-refractivity contribution in [1.29, 1.82) is 5.26 Å². The predicted octanol–water partition coefficient (Wildman–Crippen LogP) is 1.75. The molecular formula is C7H15N4O2PS2. The molecule has 0 aliphatic carbocycles. The summed E-state index contributed by atoms with van der Waals surface area (Å²) in [5, 5.41) is 21.2. The fraction of sp³-hybridized carbons (Fsp3) is 0.714. The number of nitriles is 1. The van der Waals surface area contributed by atoms with E-state index in [1.54, 1.807) is 13.8 Å². The largest absolute Gasteiger partial charge is 0.308 e. The predicted molar refractivity (Wildman–Crippen MR) is 67.9 cm³/mol. The second-order valence-corrected chi connectivity index (χ2v) is 10.4. The lowest BCUT2D eigenvalue weighted by Crippen LogP contribution is -2.34. The van der Waals surface area contributed by atoms with Gasteiger partial charge in [0.25, 0.3) is 0 Å². The standard InChI is InChI=1S/C7H15N4O2PS2/c1-7(2,4-3-5-8)6(12)11-14(13,15-9)16-10/h3-4,9-10H2,1-2H3,(H,11,12,13). The molecule has 0 radical (unpaired) electrons. The molecule has 0 aromatic rings. The van der Waals surface area contributed by atoms with Crippen molar-refractivity contribution >= 4 is 34.7 Å². The van der Waals surface area contributed by atoms with Crippen molar-refractivity contribution in [2.45, 2.75) is 26.7 Å². The molecule has 0 saturated carbocycles. The van der Waals surface area contributed by atoms with E-state index in [9.17, 15) is 9.36 Å². The van der Waals surface area contributed by atoms with Gasteiger partial charge in [0.05, 0.1) is 6.07 Å². The Morgan fingerprint density at radius 1 is 1.50 bits per heavy atom. The third kappa shape index (κ3) is 4.76. The van der Waals surface area contributed by atoms with Gasteiger partial charge in [0.2, 0.25) is 5.91 Å². The van der Waals surface area contributed by atoms with E-state index < -0.39 is 17.0 Å². The summed E-state index contributed by atoms with van der Waals surface area (Å²) in [6.07, 6.45) is 0.649. The summed E-state index contributed by atoms with van der Waals surface area (Å²) in [5.74, 6) is -0.415. The van der Waals surface area contributed by atoms with E-state index in [4.69, 9.17) is 15.5 Å². The van der Waals surface area contributed by atoms with Crippen molar-refractivity contribution in [3.05, 3.63) is 0 Å². The zero-order valence-electron chi connectivity index (χ0n) is 9.10. The maximum absolute atomic E-state index is 11.8. The first kappa shape index (κ1) is 15.8. The molecule has 0 rings (SSSR count). The van der Waals surface area contributed by atoms with Crippen LogP contribution in [0.1, 0.15) is 26.7 Å². The van der Waals surface area contributed by atoms with Crippen LogP contribution in [0.15, 0.2) is 0 Å². The molecule has 0 atom stereocenters. The number of amides is 1. The smallest absolute Gasteiger partial charge is 0.288 e. The minimum atomic E-state index is -3.16. The highest BCUT2D eigenvalue weighted by Crippen LogP contribution is 2.60. The average molecular weight is 282 g/mol. The molecule has 1 amide bonds. The highest BCUT2D eigenvalue weighted by atomic mass is 33.1. The van der Waals surface area contributed by atoms with Crippen LogP contribution in [-0.4, -0.2) is 5.91 Å². The molecule has 0 spiro atoms. The molecule has 0 aliphatic heterocycles. The molecule has 0 saturated heterocycles. The summed E-state index contributed by atoms with van der Waals surface area (Å²) in [6, 6.07) is 1.96. The Balaban J connectivity index is 4.57. The average Bonchev–Trinajstić information content (AvgIpc) is 2.26. The Kier molecular flexibility index (Phi) is 6.44. The van der Waals surface area contributed by atoms with Crippen molar-refractivity contribution in [3.8, 4) is 6.07 Å². The second kappa shape index (κ2) is 6.52.